The number of halogens is 1. The fourth-order valence-corrected chi connectivity index (χ4v) is 2.94. The van der Waals surface area contributed by atoms with E-state index in [2.05, 4.69) is 83.5 Å². The molecule has 0 aliphatic heterocycles. The van der Waals surface area contributed by atoms with Gasteiger partial charge in [0.15, 0.2) is 0 Å². The van der Waals surface area contributed by atoms with Gasteiger partial charge in [0.1, 0.15) is 0 Å². The van der Waals surface area contributed by atoms with Crippen molar-refractivity contribution in [3.63, 3.8) is 0 Å². The van der Waals surface area contributed by atoms with Crippen LogP contribution in [0.25, 0.3) is 10.8 Å². The summed E-state index contributed by atoms with van der Waals surface area (Å²) in [6.07, 6.45) is 0.863. The van der Waals surface area contributed by atoms with Gasteiger partial charge in [0, 0.05) is 10.5 Å². The maximum absolute atomic E-state index is 6.38. The van der Waals surface area contributed by atoms with Crippen LogP contribution in [-0.2, 0) is 6.42 Å². The molecular weight excluding hydrogens is 322 g/mol. The SMILES string of the molecule is Cc1ccc(CC(N)c2ccc3cc(Br)ccc3c2)cc1. The first-order valence-corrected chi connectivity index (χ1v) is 7.91. The Balaban J connectivity index is 1.85. The van der Waals surface area contributed by atoms with Gasteiger partial charge in [-0.15, -0.1) is 0 Å². The molecule has 0 radical (unpaired) electrons. The average molecular weight is 340 g/mol. The molecule has 0 amide bonds. The highest BCUT2D eigenvalue weighted by molar-refractivity contribution is 9.10. The molecule has 3 rings (SSSR count). The Hall–Kier alpha value is -1.64. The lowest BCUT2D eigenvalue weighted by atomic mass is 9.97. The number of hydrogen-bond donors (Lipinski definition) is 1. The Kier molecular flexibility index (Phi) is 4.09. The lowest BCUT2D eigenvalue weighted by molar-refractivity contribution is 0.723. The first-order chi connectivity index (χ1) is 10.1. The molecule has 0 aliphatic rings. The normalized spacial score (nSPS) is 12.5. The number of nitrogens with two attached hydrogens (primary N) is 1. The maximum atomic E-state index is 6.38. The topological polar surface area (TPSA) is 26.0 Å². The Morgan fingerprint density at radius 2 is 1.57 bits per heavy atom. The fourth-order valence-electron chi connectivity index (χ4n) is 2.56. The number of rotatable bonds is 3. The molecule has 0 heterocycles. The van der Waals surface area contributed by atoms with Crippen LogP contribution in [0.5, 0.6) is 0 Å². The predicted octanol–water partition coefficient (Wildman–Crippen LogP) is 5.15. The fraction of sp³-hybridized carbons (Fsp3) is 0.158. The summed E-state index contributed by atoms with van der Waals surface area (Å²) in [5.74, 6) is 0. The van der Waals surface area contributed by atoms with Crippen molar-refractivity contribution in [3.05, 3.63) is 81.8 Å². The Labute approximate surface area is 133 Å². The summed E-state index contributed by atoms with van der Waals surface area (Å²) < 4.78 is 1.10. The van der Waals surface area contributed by atoms with Gasteiger partial charge in [-0.3, -0.25) is 0 Å². The molecule has 2 heteroatoms. The third kappa shape index (κ3) is 3.34. The molecule has 106 valence electrons. The zero-order chi connectivity index (χ0) is 14.8. The van der Waals surface area contributed by atoms with Crippen molar-refractivity contribution in [2.75, 3.05) is 0 Å². The molecule has 3 aromatic carbocycles. The van der Waals surface area contributed by atoms with Gasteiger partial charge in [-0.1, -0.05) is 64.0 Å². The molecule has 0 spiro atoms. The highest BCUT2D eigenvalue weighted by Gasteiger charge is 2.08. The minimum absolute atomic E-state index is 0.0285. The van der Waals surface area contributed by atoms with E-state index in [4.69, 9.17) is 5.73 Å². The smallest absolute Gasteiger partial charge is 0.0335 e. The average Bonchev–Trinajstić information content (AvgIpc) is 2.49. The minimum Gasteiger partial charge on any atom is -0.324 e. The van der Waals surface area contributed by atoms with Crippen LogP contribution in [0, 0.1) is 6.92 Å². The van der Waals surface area contributed by atoms with Crippen LogP contribution in [0.4, 0.5) is 0 Å². The van der Waals surface area contributed by atoms with Gasteiger partial charge in [-0.2, -0.15) is 0 Å². The Bertz CT molecular complexity index is 762. The molecule has 0 fully saturated rings. The zero-order valence-electron chi connectivity index (χ0n) is 12.0. The maximum Gasteiger partial charge on any atom is 0.0335 e. The summed E-state index contributed by atoms with van der Waals surface area (Å²) in [5.41, 5.74) is 10.1. The highest BCUT2D eigenvalue weighted by atomic mass is 79.9. The van der Waals surface area contributed by atoms with Crippen molar-refractivity contribution in [3.8, 4) is 0 Å². The lowest BCUT2D eigenvalue weighted by Crippen LogP contribution is -2.13. The highest BCUT2D eigenvalue weighted by Crippen LogP contribution is 2.24. The molecule has 1 atom stereocenters. The van der Waals surface area contributed by atoms with E-state index in [1.165, 1.54) is 27.5 Å². The minimum atomic E-state index is 0.0285. The molecule has 0 aromatic heterocycles. The summed E-state index contributed by atoms with van der Waals surface area (Å²) >= 11 is 3.51. The third-order valence-corrected chi connectivity index (χ3v) is 4.32. The molecule has 21 heavy (non-hydrogen) atoms. The van der Waals surface area contributed by atoms with Gasteiger partial charge in [0.2, 0.25) is 0 Å². The molecule has 0 aliphatic carbocycles. The van der Waals surface area contributed by atoms with Crippen molar-refractivity contribution >= 4 is 26.7 Å². The van der Waals surface area contributed by atoms with Gasteiger partial charge in [-0.25, -0.2) is 0 Å². The Morgan fingerprint density at radius 1 is 0.905 bits per heavy atom. The summed E-state index contributed by atoms with van der Waals surface area (Å²) in [6.45, 7) is 2.10. The van der Waals surface area contributed by atoms with Crippen LogP contribution in [0.1, 0.15) is 22.7 Å². The van der Waals surface area contributed by atoms with E-state index in [0.717, 1.165) is 10.9 Å². The zero-order valence-corrected chi connectivity index (χ0v) is 13.6. The molecule has 1 nitrogen and oxygen atoms in total. The van der Waals surface area contributed by atoms with Gasteiger partial charge in [0.05, 0.1) is 0 Å². The number of aryl methyl sites for hydroxylation is 1. The number of benzene rings is 3. The molecule has 0 bridgehead atoms. The number of fused-ring (bicyclic) bond motifs is 1. The monoisotopic (exact) mass is 339 g/mol. The van der Waals surface area contributed by atoms with E-state index < -0.39 is 0 Å². The second-order valence-corrected chi connectivity index (χ2v) is 6.46. The van der Waals surface area contributed by atoms with Crippen LogP contribution in [-0.4, -0.2) is 0 Å². The van der Waals surface area contributed by atoms with E-state index in [-0.39, 0.29) is 6.04 Å². The largest absolute Gasteiger partial charge is 0.324 e. The molecule has 2 N–H and O–H groups in total. The van der Waals surface area contributed by atoms with Crippen LogP contribution in [0.15, 0.2) is 65.1 Å². The molecule has 0 saturated heterocycles. The van der Waals surface area contributed by atoms with E-state index in [0.29, 0.717) is 0 Å². The van der Waals surface area contributed by atoms with E-state index >= 15 is 0 Å². The summed E-state index contributed by atoms with van der Waals surface area (Å²) in [4.78, 5) is 0. The second-order valence-electron chi connectivity index (χ2n) is 5.55. The lowest BCUT2D eigenvalue weighted by Gasteiger charge is -2.13. The second kappa shape index (κ2) is 6.00. The standard InChI is InChI=1S/C19H18BrN/c1-13-2-4-14(5-3-13)10-19(21)17-7-6-16-12-18(20)9-8-15(16)11-17/h2-9,11-12,19H,10,21H2,1H3. The van der Waals surface area contributed by atoms with E-state index in [1.807, 2.05) is 0 Å². The van der Waals surface area contributed by atoms with Crippen LogP contribution in [0.3, 0.4) is 0 Å². The van der Waals surface area contributed by atoms with Crippen molar-refractivity contribution in [1.29, 1.82) is 0 Å². The van der Waals surface area contributed by atoms with Crippen LogP contribution in [0.2, 0.25) is 0 Å². The van der Waals surface area contributed by atoms with Crippen LogP contribution < -0.4 is 5.73 Å². The van der Waals surface area contributed by atoms with Gasteiger partial charge >= 0.3 is 0 Å². The van der Waals surface area contributed by atoms with Gasteiger partial charge in [0.25, 0.3) is 0 Å². The molecule has 3 aromatic rings. The molecule has 1 unspecified atom stereocenters. The van der Waals surface area contributed by atoms with Crippen molar-refractivity contribution in [2.24, 2.45) is 5.73 Å². The van der Waals surface area contributed by atoms with Gasteiger partial charge in [-0.05, 0) is 53.4 Å². The summed E-state index contributed by atoms with van der Waals surface area (Å²) in [6, 6.07) is 21.4. The van der Waals surface area contributed by atoms with E-state index in [1.54, 1.807) is 0 Å². The first-order valence-electron chi connectivity index (χ1n) is 7.12. The van der Waals surface area contributed by atoms with E-state index in [9.17, 15) is 0 Å². The summed E-state index contributed by atoms with van der Waals surface area (Å²) in [7, 11) is 0. The van der Waals surface area contributed by atoms with Gasteiger partial charge < -0.3 is 5.73 Å². The Morgan fingerprint density at radius 3 is 2.33 bits per heavy atom. The predicted molar refractivity (Wildman–Crippen MR) is 93.5 cm³/mol. The number of hydrogen-bond acceptors (Lipinski definition) is 1. The van der Waals surface area contributed by atoms with Crippen molar-refractivity contribution < 1.29 is 0 Å². The third-order valence-electron chi connectivity index (χ3n) is 3.83. The van der Waals surface area contributed by atoms with Crippen molar-refractivity contribution in [1.82, 2.24) is 0 Å². The van der Waals surface area contributed by atoms with Crippen LogP contribution >= 0.6 is 15.9 Å². The quantitative estimate of drug-likeness (QED) is 0.701. The first kappa shape index (κ1) is 14.3. The summed E-state index contributed by atoms with van der Waals surface area (Å²) in [5, 5.41) is 2.46. The molecular formula is C19H18BrN. The molecule has 0 saturated carbocycles. The van der Waals surface area contributed by atoms with Crippen molar-refractivity contribution in [2.45, 2.75) is 19.4 Å².